The van der Waals surface area contributed by atoms with Gasteiger partial charge in [0.25, 0.3) is 11.4 Å². The Labute approximate surface area is 164 Å². The minimum Gasteiger partial charge on any atom is -1.00 e. The Bertz CT molecular complexity index is 643. The minimum atomic E-state index is -0.512. The van der Waals surface area contributed by atoms with Gasteiger partial charge in [0.15, 0.2) is 0 Å². The molecule has 0 aliphatic carbocycles. The van der Waals surface area contributed by atoms with Gasteiger partial charge in [-0.3, -0.25) is 20.2 Å². The molecule has 112 valence electrons. The van der Waals surface area contributed by atoms with E-state index in [0.717, 1.165) is 0 Å². The van der Waals surface area contributed by atoms with Gasteiger partial charge in [0.2, 0.25) is 0 Å². The molecule has 2 rings (SSSR count). The van der Waals surface area contributed by atoms with E-state index in [4.69, 9.17) is 23.2 Å². The normalized spacial score (nSPS) is 8.45. The van der Waals surface area contributed by atoms with Crippen molar-refractivity contribution in [3.05, 3.63) is 78.8 Å². The number of non-ortho nitro benzene ring substituents is 1. The topological polar surface area (TPSA) is 86.3 Å². The van der Waals surface area contributed by atoms with Crippen LogP contribution in [0.25, 0.3) is 0 Å². The van der Waals surface area contributed by atoms with Gasteiger partial charge in [-0.05, 0) is 12.1 Å². The van der Waals surface area contributed by atoms with Crippen molar-refractivity contribution in [2.24, 2.45) is 0 Å². The molecule has 0 aliphatic rings. The smallest absolute Gasteiger partial charge is 1.00 e. The van der Waals surface area contributed by atoms with Crippen molar-refractivity contribution in [3.63, 3.8) is 0 Å². The third-order valence-electron chi connectivity index (χ3n) is 2.07. The molecule has 0 N–H and O–H groups in total. The van der Waals surface area contributed by atoms with Crippen LogP contribution in [0.3, 0.4) is 0 Å². The molecule has 0 saturated carbocycles. The van der Waals surface area contributed by atoms with Crippen molar-refractivity contribution >= 4 is 34.6 Å². The molecule has 10 heteroatoms. The third-order valence-corrected chi connectivity index (χ3v) is 2.62. The quantitative estimate of drug-likeness (QED) is 0.364. The maximum Gasteiger partial charge on any atom is 1.00 e. The molecule has 0 heterocycles. The molecule has 2 aromatic rings. The number of nitro groups is 2. The Morgan fingerprint density at radius 2 is 1.45 bits per heavy atom. The molecule has 0 unspecified atom stereocenters. The molecular weight excluding hydrogens is 365 g/mol. The number of nitro benzene ring substituents is 2. The van der Waals surface area contributed by atoms with Gasteiger partial charge in [0.05, 0.1) is 9.85 Å². The van der Waals surface area contributed by atoms with Gasteiger partial charge >= 0.3 is 29.6 Å². The summed E-state index contributed by atoms with van der Waals surface area (Å²) in [4.78, 5) is 19.3. The number of para-hydroxylation sites is 1. The molecular formula is C12H8Cl3N2NaO4. The fourth-order valence-corrected chi connectivity index (χ4v) is 1.58. The van der Waals surface area contributed by atoms with Gasteiger partial charge in [-0.1, -0.05) is 41.4 Å². The van der Waals surface area contributed by atoms with E-state index in [9.17, 15) is 20.2 Å². The summed E-state index contributed by atoms with van der Waals surface area (Å²) in [5.74, 6) is 0. The van der Waals surface area contributed by atoms with Crippen molar-refractivity contribution in [2.75, 3.05) is 0 Å². The fourth-order valence-electron chi connectivity index (χ4n) is 1.19. The second-order valence-corrected chi connectivity index (χ2v) is 4.29. The number of hydrogen-bond acceptors (Lipinski definition) is 4. The molecule has 0 bridgehead atoms. The Morgan fingerprint density at radius 1 is 0.864 bits per heavy atom. The Hall–Kier alpha value is -0.890. The molecule has 0 aliphatic heterocycles. The SMILES string of the molecule is O=[N+]([O-])c1cccc(Cl)c1.O=[N+]([O-])c1ccccc1Cl.[Cl-].[Na+]. The van der Waals surface area contributed by atoms with Crippen molar-refractivity contribution < 1.29 is 51.8 Å². The van der Waals surface area contributed by atoms with Crippen LogP contribution in [0.5, 0.6) is 0 Å². The zero-order valence-corrected chi connectivity index (χ0v) is 15.5. The van der Waals surface area contributed by atoms with E-state index >= 15 is 0 Å². The van der Waals surface area contributed by atoms with Gasteiger partial charge in [-0.2, -0.15) is 0 Å². The third kappa shape index (κ3) is 7.93. The van der Waals surface area contributed by atoms with E-state index in [1.54, 1.807) is 24.3 Å². The van der Waals surface area contributed by atoms with Crippen molar-refractivity contribution in [1.29, 1.82) is 0 Å². The van der Waals surface area contributed by atoms with Crippen molar-refractivity contribution in [3.8, 4) is 0 Å². The van der Waals surface area contributed by atoms with Gasteiger partial charge in [-0.25, -0.2) is 0 Å². The summed E-state index contributed by atoms with van der Waals surface area (Å²) in [7, 11) is 0. The number of benzene rings is 2. The predicted octanol–water partition coefficient (Wildman–Crippen LogP) is -1.50. The second kappa shape index (κ2) is 11.6. The minimum absolute atomic E-state index is 0. The molecule has 0 atom stereocenters. The van der Waals surface area contributed by atoms with E-state index in [1.807, 2.05) is 0 Å². The first-order chi connectivity index (χ1) is 9.41. The van der Waals surface area contributed by atoms with Crippen LogP contribution in [0.1, 0.15) is 0 Å². The average Bonchev–Trinajstić information content (AvgIpc) is 2.39. The zero-order chi connectivity index (χ0) is 15.1. The average molecular weight is 374 g/mol. The van der Waals surface area contributed by atoms with E-state index in [1.165, 1.54) is 24.3 Å². The largest absolute Gasteiger partial charge is 1.00 e. The molecule has 0 aromatic heterocycles. The summed E-state index contributed by atoms with van der Waals surface area (Å²) < 4.78 is 0. The summed E-state index contributed by atoms with van der Waals surface area (Å²) >= 11 is 11.0. The Morgan fingerprint density at radius 3 is 1.82 bits per heavy atom. The van der Waals surface area contributed by atoms with Crippen LogP contribution in [0.2, 0.25) is 10.0 Å². The molecule has 6 nitrogen and oxygen atoms in total. The molecule has 0 fully saturated rings. The van der Waals surface area contributed by atoms with Gasteiger partial charge in [0, 0.05) is 23.2 Å². The first kappa shape index (κ1) is 23.4. The van der Waals surface area contributed by atoms with Crippen molar-refractivity contribution in [1.82, 2.24) is 0 Å². The fraction of sp³-hybridized carbons (Fsp3) is 0. The van der Waals surface area contributed by atoms with Crippen LogP contribution < -0.4 is 42.0 Å². The molecule has 22 heavy (non-hydrogen) atoms. The van der Waals surface area contributed by atoms with Gasteiger partial charge in [-0.15, -0.1) is 0 Å². The molecule has 0 spiro atoms. The summed E-state index contributed by atoms with van der Waals surface area (Å²) in [6.45, 7) is 0. The van der Waals surface area contributed by atoms with Gasteiger partial charge in [0.1, 0.15) is 5.02 Å². The monoisotopic (exact) mass is 372 g/mol. The Balaban J connectivity index is 0. The maximum atomic E-state index is 10.1. The summed E-state index contributed by atoms with van der Waals surface area (Å²) in [6, 6.07) is 11.9. The van der Waals surface area contributed by atoms with Crippen LogP contribution in [-0.4, -0.2) is 9.85 Å². The predicted molar refractivity (Wildman–Crippen MR) is 76.2 cm³/mol. The van der Waals surface area contributed by atoms with E-state index < -0.39 is 9.85 Å². The van der Waals surface area contributed by atoms with Crippen LogP contribution in [-0.2, 0) is 0 Å². The van der Waals surface area contributed by atoms with Crippen molar-refractivity contribution in [2.45, 2.75) is 0 Å². The van der Waals surface area contributed by atoms with Crippen LogP contribution in [0.15, 0.2) is 48.5 Å². The standard InChI is InChI=1S/2C6H4ClNO2.ClH.Na/c7-5-2-1-3-6(4-5)8(9)10;7-5-3-1-2-4-6(5)8(9)10;;/h2*1-4H;1H;/q;;;+1/p-1. The molecule has 2 aromatic carbocycles. The number of hydrogen-bond donors (Lipinski definition) is 0. The molecule has 0 amide bonds. The number of nitrogens with zero attached hydrogens (tertiary/aromatic N) is 2. The van der Waals surface area contributed by atoms with Crippen LogP contribution in [0.4, 0.5) is 11.4 Å². The summed E-state index contributed by atoms with van der Waals surface area (Å²) in [5, 5.41) is 20.8. The summed E-state index contributed by atoms with van der Waals surface area (Å²) in [6.07, 6.45) is 0. The number of halogens is 3. The van der Waals surface area contributed by atoms with E-state index in [-0.39, 0.29) is 58.4 Å². The number of rotatable bonds is 2. The zero-order valence-electron chi connectivity index (χ0n) is 11.3. The first-order valence-corrected chi connectivity index (χ1v) is 5.96. The maximum absolute atomic E-state index is 10.1. The first-order valence-electron chi connectivity index (χ1n) is 5.20. The molecule has 0 radical (unpaired) electrons. The van der Waals surface area contributed by atoms with E-state index in [0.29, 0.717) is 5.02 Å². The Kier molecular flexibility index (Phi) is 12.4. The van der Waals surface area contributed by atoms with E-state index in [2.05, 4.69) is 0 Å². The van der Waals surface area contributed by atoms with Gasteiger partial charge < -0.3 is 12.4 Å². The van der Waals surface area contributed by atoms with Crippen LogP contribution >= 0.6 is 23.2 Å². The van der Waals surface area contributed by atoms with Crippen LogP contribution in [0, 0.1) is 20.2 Å². The summed E-state index contributed by atoms with van der Waals surface area (Å²) in [5.41, 5.74) is -0.0309. The molecule has 0 saturated heterocycles. The second-order valence-electron chi connectivity index (χ2n) is 3.45.